The van der Waals surface area contributed by atoms with Crippen molar-refractivity contribution in [3.63, 3.8) is 0 Å². The Morgan fingerprint density at radius 1 is 1.31 bits per heavy atom. The van der Waals surface area contributed by atoms with Gasteiger partial charge in [-0.3, -0.25) is 14.5 Å². The molecule has 1 fully saturated rings. The minimum Gasteiger partial charge on any atom is -0.489 e. The van der Waals surface area contributed by atoms with Crippen LogP contribution in [0.2, 0.25) is 0 Å². The second-order valence-electron chi connectivity index (χ2n) is 6.81. The topological polar surface area (TPSA) is 95.7 Å². The van der Waals surface area contributed by atoms with E-state index in [1.807, 2.05) is 22.8 Å². The van der Waals surface area contributed by atoms with Gasteiger partial charge in [0.2, 0.25) is 0 Å². The summed E-state index contributed by atoms with van der Waals surface area (Å²) in [6, 6.07) is 16.8. The zero-order valence-electron chi connectivity index (χ0n) is 15.6. The highest BCUT2D eigenvalue weighted by Gasteiger charge is 2.27. The number of nitrogens with one attached hydrogen (secondary N) is 2. The lowest BCUT2D eigenvalue weighted by molar-refractivity contribution is 0.0949. The van der Waals surface area contributed by atoms with E-state index < -0.39 is 0 Å². The summed E-state index contributed by atoms with van der Waals surface area (Å²) in [5.41, 5.74) is 1.86. The van der Waals surface area contributed by atoms with Gasteiger partial charge in [0, 0.05) is 17.2 Å². The maximum Gasteiger partial charge on any atom is 0.251 e. The van der Waals surface area contributed by atoms with Gasteiger partial charge in [-0.15, -0.1) is 0 Å². The summed E-state index contributed by atoms with van der Waals surface area (Å²) in [7, 11) is 0. The van der Waals surface area contributed by atoms with Crippen molar-refractivity contribution in [2.24, 2.45) is 0 Å². The number of carbonyl (C=O) groups is 1. The predicted molar refractivity (Wildman–Crippen MR) is 109 cm³/mol. The smallest absolute Gasteiger partial charge is 0.251 e. The number of H-pyrrole nitrogens is 1. The Bertz CT molecular complexity index is 1140. The number of hydrogen-bond donors (Lipinski definition) is 2. The molecule has 29 heavy (non-hydrogen) atoms. The fraction of sp³-hybridized carbons (Fsp3) is 0.238. The van der Waals surface area contributed by atoms with Gasteiger partial charge in [-0.25, -0.2) is 0 Å². The van der Waals surface area contributed by atoms with E-state index in [-0.39, 0.29) is 12.5 Å². The number of amides is 1. The molecule has 1 amide bonds. The molecule has 146 valence electrons. The summed E-state index contributed by atoms with van der Waals surface area (Å²) in [4.78, 5) is 12.6. The molecule has 0 radical (unpaired) electrons. The van der Waals surface area contributed by atoms with Crippen molar-refractivity contribution in [1.29, 1.82) is 5.26 Å². The van der Waals surface area contributed by atoms with Gasteiger partial charge in [0.15, 0.2) is 10.6 Å². The van der Waals surface area contributed by atoms with Gasteiger partial charge < -0.3 is 10.1 Å². The van der Waals surface area contributed by atoms with Gasteiger partial charge >= 0.3 is 0 Å². The monoisotopic (exact) mass is 405 g/mol. The first-order chi connectivity index (χ1) is 14.2. The number of nitrogens with zero attached hydrogens (tertiary/aromatic N) is 3. The molecule has 0 atom stereocenters. The van der Waals surface area contributed by atoms with E-state index >= 15 is 0 Å². The highest BCUT2D eigenvalue weighted by Crippen LogP contribution is 2.35. The number of rotatable bonds is 7. The van der Waals surface area contributed by atoms with Crippen molar-refractivity contribution in [2.75, 3.05) is 0 Å². The van der Waals surface area contributed by atoms with Crippen LogP contribution in [0.15, 0.2) is 48.5 Å². The summed E-state index contributed by atoms with van der Waals surface area (Å²) in [5.74, 6) is 1.07. The van der Waals surface area contributed by atoms with Gasteiger partial charge in [-0.05, 0) is 49.3 Å². The molecule has 0 bridgehead atoms. The first kappa shape index (κ1) is 18.9. The van der Waals surface area contributed by atoms with Crippen LogP contribution in [0.3, 0.4) is 0 Å². The highest BCUT2D eigenvalue weighted by atomic mass is 32.1. The lowest BCUT2D eigenvalue weighted by Crippen LogP contribution is -2.24. The molecule has 7 nitrogen and oxygen atoms in total. The number of hydrogen-bond acceptors (Lipinski definition) is 5. The molecule has 8 heteroatoms. The normalized spacial score (nSPS) is 12.9. The summed E-state index contributed by atoms with van der Waals surface area (Å²) >= 11 is 5.26. The number of aromatic amines is 1. The minimum absolute atomic E-state index is 0.218. The van der Waals surface area contributed by atoms with Crippen LogP contribution in [-0.4, -0.2) is 20.7 Å². The largest absolute Gasteiger partial charge is 0.489 e. The van der Waals surface area contributed by atoms with Crippen molar-refractivity contribution < 1.29 is 9.53 Å². The van der Waals surface area contributed by atoms with E-state index in [2.05, 4.69) is 21.6 Å². The van der Waals surface area contributed by atoms with Gasteiger partial charge in [-0.1, -0.05) is 24.3 Å². The molecule has 0 spiro atoms. The van der Waals surface area contributed by atoms with Crippen molar-refractivity contribution in [3.8, 4) is 11.8 Å². The Kier molecular flexibility index (Phi) is 5.40. The average Bonchev–Trinajstić information content (AvgIpc) is 3.52. The van der Waals surface area contributed by atoms with Crippen molar-refractivity contribution in [3.05, 3.63) is 75.8 Å². The molecule has 1 aliphatic rings. The lowest BCUT2D eigenvalue weighted by Gasteiger charge is -2.10. The van der Waals surface area contributed by atoms with Crippen LogP contribution in [0.4, 0.5) is 0 Å². The number of aromatic nitrogens is 3. The highest BCUT2D eigenvalue weighted by molar-refractivity contribution is 7.71. The van der Waals surface area contributed by atoms with Crippen LogP contribution >= 0.6 is 12.2 Å². The Labute approximate surface area is 172 Å². The minimum atomic E-state index is -0.218. The van der Waals surface area contributed by atoms with Crippen LogP contribution in [-0.2, 0) is 13.2 Å². The maximum atomic E-state index is 12.6. The third-order valence-corrected chi connectivity index (χ3v) is 5.01. The van der Waals surface area contributed by atoms with Crippen LogP contribution in [0.5, 0.6) is 5.75 Å². The molecule has 1 saturated carbocycles. The summed E-state index contributed by atoms with van der Waals surface area (Å²) < 4.78 is 8.35. The first-order valence-electron chi connectivity index (χ1n) is 9.30. The van der Waals surface area contributed by atoms with Gasteiger partial charge in [0.1, 0.15) is 12.4 Å². The van der Waals surface area contributed by atoms with Gasteiger partial charge in [0.05, 0.1) is 18.2 Å². The van der Waals surface area contributed by atoms with E-state index in [0.29, 0.717) is 34.2 Å². The molecule has 1 heterocycles. The van der Waals surface area contributed by atoms with Gasteiger partial charge in [0.25, 0.3) is 5.91 Å². The zero-order chi connectivity index (χ0) is 20.2. The fourth-order valence-electron chi connectivity index (χ4n) is 3.08. The third kappa shape index (κ3) is 4.36. The molecule has 0 unspecified atom stereocenters. The van der Waals surface area contributed by atoms with E-state index in [9.17, 15) is 10.1 Å². The van der Waals surface area contributed by atoms with Gasteiger partial charge in [-0.2, -0.15) is 10.4 Å². The first-order valence-corrected chi connectivity index (χ1v) is 9.71. The van der Waals surface area contributed by atoms with Crippen LogP contribution in [0, 0.1) is 16.1 Å². The molecule has 4 rings (SSSR count). The van der Waals surface area contributed by atoms with Crippen LogP contribution in [0.25, 0.3) is 0 Å². The molecular formula is C21H19N5O2S. The number of ether oxygens (including phenoxy) is 1. The average molecular weight is 405 g/mol. The summed E-state index contributed by atoms with van der Waals surface area (Å²) in [5, 5.41) is 19.1. The number of benzene rings is 2. The Morgan fingerprint density at radius 2 is 2.14 bits per heavy atom. The second kappa shape index (κ2) is 8.29. The summed E-state index contributed by atoms with van der Waals surface area (Å²) in [6.07, 6.45) is 2.17. The molecule has 0 aliphatic heterocycles. The zero-order valence-corrected chi connectivity index (χ0v) is 16.4. The fourth-order valence-corrected chi connectivity index (χ4v) is 3.38. The van der Waals surface area contributed by atoms with Crippen LogP contribution < -0.4 is 10.1 Å². The van der Waals surface area contributed by atoms with E-state index in [4.69, 9.17) is 17.0 Å². The SMILES string of the molecule is N#Cc1ccccc1COc1cccc(C(=O)NCc2n[nH]c(=S)n2C2CC2)c1. The van der Waals surface area contributed by atoms with Crippen molar-refractivity contribution >= 4 is 18.1 Å². The van der Waals surface area contributed by atoms with Crippen molar-refractivity contribution in [2.45, 2.75) is 32.0 Å². The predicted octanol–water partition coefficient (Wildman–Crippen LogP) is 3.66. The number of nitriles is 1. The van der Waals surface area contributed by atoms with E-state index in [1.54, 1.807) is 30.3 Å². The standard InChI is InChI=1S/C21H19N5O2S/c22-11-15-4-1-2-5-16(15)13-28-18-7-3-6-14(10-18)20(27)23-12-19-24-25-21(29)26(19)17-8-9-17/h1-7,10,17H,8-9,12-13H2,(H,23,27)(H,25,29). The van der Waals surface area contributed by atoms with Crippen molar-refractivity contribution in [1.82, 2.24) is 20.1 Å². The number of carbonyl (C=O) groups excluding carboxylic acids is 1. The molecule has 2 aromatic carbocycles. The molecule has 0 saturated heterocycles. The molecule has 3 aromatic rings. The molecular weight excluding hydrogens is 386 g/mol. The lowest BCUT2D eigenvalue weighted by atomic mass is 10.1. The Hall–Kier alpha value is -3.44. The Balaban J connectivity index is 1.40. The molecule has 1 aromatic heterocycles. The van der Waals surface area contributed by atoms with E-state index in [0.717, 1.165) is 24.2 Å². The molecule has 2 N–H and O–H groups in total. The third-order valence-electron chi connectivity index (χ3n) is 4.72. The maximum absolute atomic E-state index is 12.6. The molecule has 1 aliphatic carbocycles. The quantitative estimate of drug-likeness (QED) is 0.585. The second-order valence-corrected chi connectivity index (χ2v) is 7.20. The Morgan fingerprint density at radius 3 is 2.93 bits per heavy atom. The van der Waals surface area contributed by atoms with Crippen LogP contribution in [0.1, 0.15) is 46.2 Å². The summed E-state index contributed by atoms with van der Waals surface area (Å²) in [6.45, 7) is 0.550. The van der Waals surface area contributed by atoms with E-state index in [1.165, 1.54) is 0 Å².